The van der Waals surface area contributed by atoms with E-state index in [1.807, 2.05) is 6.07 Å². The van der Waals surface area contributed by atoms with Crippen LogP contribution in [0.1, 0.15) is 42.9 Å². The number of thiophene rings is 1. The lowest BCUT2D eigenvalue weighted by Gasteiger charge is -2.43. The standard InChI is InChI=1S/C17H23NO3S/c19-17(20)13-9-11-5-6-14(16(13)15-4-2-8-22-15)18(11)10-12-3-1-7-21-12/h2,4,8,11-14,16H,1,3,5-7,9-10H2,(H,19,20). The molecular weight excluding hydrogens is 298 g/mol. The number of carboxylic acids is 1. The first-order valence-corrected chi connectivity index (χ1v) is 9.25. The molecular formula is C17H23NO3S. The Bertz CT molecular complexity index is 526. The second-order valence-corrected chi connectivity index (χ2v) is 7.83. The maximum Gasteiger partial charge on any atom is 0.307 e. The van der Waals surface area contributed by atoms with Gasteiger partial charge in [-0.2, -0.15) is 0 Å². The van der Waals surface area contributed by atoms with Gasteiger partial charge in [-0.3, -0.25) is 9.69 Å². The highest BCUT2D eigenvalue weighted by molar-refractivity contribution is 7.10. The van der Waals surface area contributed by atoms with Crippen molar-refractivity contribution in [2.45, 2.75) is 56.2 Å². The van der Waals surface area contributed by atoms with Crippen molar-refractivity contribution in [1.82, 2.24) is 4.90 Å². The molecule has 0 aliphatic carbocycles. The van der Waals surface area contributed by atoms with Gasteiger partial charge in [0, 0.05) is 36.0 Å². The maximum atomic E-state index is 11.8. The smallest absolute Gasteiger partial charge is 0.307 e. The zero-order chi connectivity index (χ0) is 15.1. The van der Waals surface area contributed by atoms with Crippen LogP contribution in [0.25, 0.3) is 0 Å². The Kier molecular flexibility index (Phi) is 3.96. The van der Waals surface area contributed by atoms with Crippen LogP contribution in [-0.2, 0) is 9.53 Å². The molecule has 0 radical (unpaired) electrons. The van der Waals surface area contributed by atoms with E-state index in [2.05, 4.69) is 16.3 Å². The molecule has 3 saturated heterocycles. The van der Waals surface area contributed by atoms with Gasteiger partial charge in [-0.1, -0.05) is 6.07 Å². The van der Waals surface area contributed by atoms with E-state index >= 15 is 0 Å². The summed E-state index contributed by atoms with van der Waals surface area (Å²) >= 11 is 1.71. The molecule has 22 heavy (non-hydrogen) atoms. The topological polar surface area (TPSA) is 49.8 Å². The Morgan fingerprint density at radius 2 is 2.32 bits per heavy atom. The van der Waals surface area contributed by atoms with Crippen molar-refractivity contribution in [3.8, 4) is 0 Å². The molecule has 1 aromatic rings. The molecule has 0 amide bonds. The summed E-state index contributed by atoms with van der Waals surface area (Å²) < 4.78 is 5.82. The average Bonchev–Trinajstić information content (AvgIpc) is 3.22. The summed E-state index contributed by atoms with van der Waals surface area (Å²) in [7, 11) is 0. The van der Waals surface area contributed by atoms with E-state index in [0.717, 1.165) is 38.8 Å². The Morgan fingerprint density at radius 3 is 3.00 bits per heavy atom. The van der Waals surface area contributed by atoms with Gasteiger partial charge in [-0.15, -0.1) is 11.3 Å². The first-order chi connectivity index (χ1) is 10.7. The zero-order valence-corrected chi connectivity index (χ0v) is 13.5. The number of ether oxygens (including phenoxy) is 1. The van der Waals surface area contributed by atoms with Crippen LogP contribution in [0.3, 0.4) is 0 Å². The summed E-state index contributed by atoms with van der Waals surface area (Å²) in [5, 5.41) is 11.8. The van der Waals surface area contributed by atoms with Crippen LogP contribution in [0.2, 0.25) is 0 Å². The first-order valence-electron chi connectivity index (χ1n) is 8.37. The number of aliphatic carboxylic acids is 1. The number of rotatable bonds is 4. The summed E-state index contributed by atoms with van der Waals surface area (Å²) in [4.78, 5) is 15.6. The van der Waals surface area contributed by atoms with Crippen LogP contribution in [0, 0.1) is 5.92 Å². The van der Waals surface area contributed by atoms with E-state index in [1.165, 1.54) is 11.3 Å². The molecule has 0 saturated carbocycles. The largest absolute Gasteiger partial charge is 0.481 e. The van der Waals surface area contributed by atoms with E-state index in [-0.39, 0.29) is 11.8 Å². The highest BCUT2D eigenvalue weighted by Crippen LogP contribution is 2.48. The van der Waals surface area contributed by atoms with E-state index in [1.54, 1.807) is 11.3 Å². The summed E-state index contributed by atoms with van der Waals surface area (Å²) in [5.74, 6) is -0.693. The number of carbonyl (C=O) groups is 1. The van der Waals surface area contributed by atoms with Gasteiger partial charge in [-0.25, -0.2) is 0 Å². The van der Waals surface area contributed by atoms with Gasteiger partial charge in [0.25, 0.3) is 0 Å². The van der Waals surface area contributed by atoms with Gasteiger partial charge in [0.2, 0.25) is 0 Å². The molecule has 0 aromatic carbocycles. The molecule has 3 aliphatic rings. The highest BCUT2D eigenvalue weighted by Gasteiger charge is 2.50. The molecule has 5 heteroatoms. The van der Waals surface area contributed by atoms with Gasteiger partial charge in [0.05, 0.1) is 12.0 Å². The second kappa shape index (κ2) is 5.95. The van der Waals surface area contributed by atoms with Gasteiger partial charge in [-0.05, 0) is 43.6 Å². The third kappa shape index (κ3) is 2.49. The number of piperidine rings is 1. The lowest BCUT2D eigenvalue weighted by atomic mass is 9.79. The Hall–Kier alpha value is -0.910. The van der Waals surface area contributed by atoms with Crippen molar-refractivity contribution in [2.24, 2.45) is 5.92 Å². The second-order valence-electron chi connectivity index (χ2n) is 6.85. The van der Waals surface area contributed by atoms with Crippen LogP contribution in [0.4, 0.5) is 0 Å². The minimum Gasteiger partial charge on any atom is -0.481 e. The van der Waals surface area contributed by atoms with Gasteiger partial charge < -0.3 is 9.84 Å². The molecule has 0 spiro atoms. The molecule has 2 bridgehead atoms. The summed E-state index contributed by atoms with van der Waals surface area (Å²) in [6, 6.07) is 4.98. The predicted molar refractivity (Wildman–Crippen MR) is 85.3 cm³/mol. The third-order valence-electron chi connectivity index (χ3n) is 5.69. The van der Waals surface area contributed by atoms with Crippen molar-refractivity contribution in [1.29, 1.82) is 0 Å². The molecule has 4 nitrogen and oxygen atoms in total. The molecule has 5 atom stereocenters. The Morgan fingerprint density at radius 1 is 1.41 bits per heavy atom. The normalized spacial score (nSPS) is 38.5. The van der Waals surface area contributed by atoms with Crippen molar-refractivity contribution in [3.05, 3.63) is 22.4 Å². The Labute approximate surface area is 135 Å². The van der Waals surface area contributed by atoms with Gasteiger partial charge in [0.15, 0.2) is 0 Å². The molecule has 1 N–H and O–H groups in total. The minimum absolute atomic E-state index is 0.151. The van der Waals surface area contributed by atoms with Crippen molar-refractivity contribution < 1.29 is 14.6 Å². The molecule has 4 rings (SSSR count). The monoisotopic (exact) mass is 321 g/mol. The van der Waals surface area contributed by atoms with Gasteiger partial charge in [0.1, 0.15) is 0 Å². The number of hydrogen-bond acceptors (Lipinski definition) is 4. The summed E-state index contributed by atoms with van der Waals surface area (Å²) in [6.45, 7) is 1.88. The first kappa shape index (κ1) is 14.7. The summed E-state index contributed by atoms with van der Waals surface area (Å²) in [6.07, 6.45) is 5.74. The molecule has 120 valence electrons. The minimum atomic E-state index is -0.618. The van der Waals surface area contributed by atoms with Crippen molar-refractivity contribution in [3.63, 3.8) is 0 Å². The number of fused-ring (bicyclic) bond motifs is 2. The highest BCUT2D eigenvalue weighted by atomic mass is 32.1. The van der Waals surface area contributed by atoms with E-state index in [9.17, 15) is 9.90 Å². The predicted octanol–water partition coefficient (Wildman–Crippen LogP) is 2.95. The fraction of sp³-hybridized carbons (Fsp3) is 0.706. The van der Waals surface area contributed by atoms with Crippen molar-refractivity contribution in [2.75, 3.05) is 13.2 Å². The summed E-state index contributed by atoms with van der Waals surface area (Å²) in [5.41, 5.74) is 0. The SMILES string of the molecule is O=C(O)C1CC2CCC(C1c1cccs1)N2CC1CCCO1. The molecule has 4 heterocycles. The van der Waals surface area contributed by atoms with E-state index in [0.29, 0.717) is 18.2 Å². The quantitative estimate of drug-likeness (QED) is 0.926. The van der Waals surface area contributed by atoms with Crippen LogP contribution >= 0.6 is 11.3 Å². The van der Waals surface area contributed by atoms with E-state index in [4.69, 9.17) is 4.74 Å². The molecule has 1 aromatic heterocycles. The number of hydrogen-bond donors (Lipinski definition) is 1. The van der Waals surface area contributed by atoms with Crippen LogP contribution < -0.4 is 0 Å². The number of nitrogens with zero attached hydrogens (tertiary/aromatic N) is 1. The zero-order valence-electron chi connectivity index (χ0n) is 12.7. The van der Waals surface area contributed by atoms with Crippen LogP contribution in [-0.4, -0.2) is 47.3 Å². The lowest BCUT2D eigenvalue weighted by Crippen LogP contribution is -2.51. The maximum absolute atomic E-state index is 11.8. The van der Waals surface area contributed by atoms with Crippen LogP contribution in [0.5, 0.6) is 0 Å². The average molecular weight is 321 g/mol. The van der Waals surface area contributed by atoms with E-state index < -0.39 is 5.97 Å². The molecule has 3 fully saturated rings. The molecule has 3 aliphatic heterocycles. The fourth-order valence-corrected chi connectivity index (χ4v) is 5.69. The van der Waals surface area contributed by atoms with Gasteiger partial charge >= 0.3 is 5.97 Å². The Balaban J connectivity index is 1.60. The fourth-order valence-electron chi connectivity index (χ4n) is 4.74. The lowest BCUT2D eigenvalue weighted by molar-refractivity contribution is -0.145. The van der Waals surface area contributed by atoms with Crippen molar-refractivity contribution >= 4 is 17.3 Å². The third-order valence-corrected chi connectivity index (χ3v) is 6.67. The number of carboxylic acid groups (broad SMARTS) is 1. The molecule has 5 unspecified atom stereocenters. The van der Waals surface area contributed by atoms with Crippen LogP contribution in [0.15, 0.2) is 17.5 Å².